The van der Waals surface area contributed by atoms with E-state index in [4.69, 9.17) is 5.73 Å². The molecule has 6 heteroatoms. The number of amides is 2. The Morgan fingerprint density at radius 1 is 1.17 bits per heavy atom. The van der Waals surface area contributed by atoms with E-state index >= 15 is 0 Å². The van der Waals surface area contributed by atoms with Gasteiger partial charge >= 0.3 is 0 Å². The number of hydrogen-bond donors (Lipinski definition) is 3. The highest BCUT2D eigenvalue weighted by molar-refractivity contribution is 5.96. The summed E-state index contributed by atoms with van der Waals surface area (Å²) >= 11 is 0. The molecule has 1 atom stereocenters. The molecule has 24 heavy (non-hydrogen) atoms. The van der Waals surface area contributed by atoms with Crippen molar-refractivity contribution >= 4 is 29.9 Å². The van der Waals surface area contributed by atoms with Crippen LogP contribution in [0.5, 0.6) is 0 Å². The smallest absolute Gasteiger partial charge is 0.246 e. The maximum absolute atomic E-state index is 12.3. The van der Waals surface area contributed by atoms with Crippen LogP contribution in [0.3, 0.4) is 0 Å². The van der Waals surface area contributed by atoms with Crippen molar-refractivity contribution in [1.29, 1.82) is 0 Å². The van der Waals surface area contributed by atoms with Gasteiger partial charge in [0, 0.05) is 12.1 Å². The number of halogens is 1. The molecule has 2 amide bonds. The largest absolute Gasteiger partial charge is 0.345 e. The first-order chi connectivity index (χ1) is 11.0. The number of carbonyl (C=O) groups excluding carboxylic acids is 2. The fraction of sp³-hybridized carbons (Fsp3) is 0.556. The highest BCUT2D eigenvalue weighted by Gasteiger charge is 2.33. The summed E-state index contributed by atoms with van der Waals surface area (Å²) in [5.41, 5.74) is 6.56. The fourth-order valence-corrected chi connectivity index (χ4v) is 3.23. The van der Waals surface area contributed by atoms with Crippen molar-refractivity contribution in [2.45, 2.75) is 51.5 Å². The van der Waals surface area contributed by atoms with Gasteiger partial charge in [-0.1, -0.05) is 37.5 Å². The predicted octanol–water partition coefficient (Wildman–Crippen LogP) is 2.85. The van der Waals surface area contributed by atoms with Gasteiger partial charge in [-0.25, -0.2) is 0 Å². The second-order valence-electron chi connectivity index (χ2n) is 6.59. The first-order valence-electron chi connectivity index (χ1n) is 8.40. The second-order valence-corrected chi connectivity index (χ2v) is 6.59. The standard InChI is InChI=1S/C18H27N3O2.ClH/c1-14(17(23)21-15-8-4-2-5-9-15)20-16(22)12-18(13-19)10-6-3-7-11-18;/h2,4-5,8-9,14H,3,6-7,10-13,19H2,1H3,(H,20,22)(H,21,23);1H. The quantitative estimate of drug-likeness (QED) is 0.735. The van der Waals surface area contributed by atoms with Crippen LogP contribution >= 0.6 is 12.4 Å². The molecule has 2 rings (SSSR count). The third kappa shape index (κ3) is 5.80. The van der Waals surface area contributed by atoms with Crippen LogP contribution in [0.4, 0.5) is 5.69 Å². The third-order valence-corrected chi connectivity index (χ3v) is 4.69. The van der Waals surface area contributed by atoms with E-state index in [1.807, 2.05) is 30.3 Å². The van der Waals surface area contributed by atoms with Gasteiger partial charge in [0.2, 0.25) is 11.8 Å². The van der Waals surface area contributed by atoms with E-state index in [0.717, 1.165) is 31.4 Å². The summed E-state index contributed by atoms with van der Waals surface area (Å²) < 4.78 is 0. The van der Waals surface area contributed by atoms with Crippen molar-refractivity contribution in [3.05, 3.63) is 30.3 Å². The number of nitrogens with two attached hydrogens (primary N) is 1. The van der Waals surface area contributed by atoms with Crippen LogP contribution < -0.4 is 16.4 Å². The molecule has 1 fully saturated rings. The Bertz CT molecular complexity index is 530. The van der Waals surface area contributed by atoms with Gasteiger partial charge in [-0.3, -0.25) is 9.59 Å². The molecule has 0 radical (unpaired) electrons. The maximum atomic E-state index is 12.3. The highest BCUT2D eigenvalue weighted by Crippen LogP contribution is 2.38. The zero-order valence-electron chi connectivity index (χ0n) is 14.2. The van der Waals surface area contributed by atoms with Crippen LogP contribution in [0.2, 0.25) is 0 Å². The minimum Gasteiger partial charge on any atom is -0.345 e. The maximum Gasteiger partial charge on any atom is 0.246 e. The molecule has 5 nitrogen and oxygen atoms in total. The molecule has 1 aliphatic carbocycles. The SMILES string of the molecule is CC(NC(=O)CC1(CN)CCCCC1)C(=O)Nc1ccccc1.Cl. The minimum absolute atomic E-state index is 0. The molecular formula is C18H28ClN3O2. The van der Waals surface area contributed by atoms with E-state index in [1.54, 1.807) is 6.92 Å². The molecule has 0 aromatic heterocycles. The van der Waals surface area contributed by atoms with Gasteiger partial charge in [0.05, 0.1) is 0 Å². The number of carbonyl (C=O) groups is 2. The van der Waals surface area contributed by atoms with Crippen LogP contribution in [0.15, 0.2) is 30.3 Å². The van der Waals surface area contributed by atoms with Crippen molar-refractivity contribution in [2.24, 2.45) is 11.1 Å². The third-order valence-electron chi connectivity index (χ3n) is 4.69. The van der Waals surface area contributed by atoms with Crippen molar-refractivity contribution in [3.63, 3.8) is 0 Å². The summed E-state index contributed by atoms with van der Waals surface area (Å²) in [5.74, 6) is -0.303. The lowest BCUT2D eigenvalue weighted by Gasteiger charge is -2.35. The molecule has 1 saturated carbocycles. The van der Waals surface area contributed by atoms with Gasteiger partial charge < -0.3 is 16.4 Å². The molecule has 0 spiro atoms. The van der Waals surface area contributed by atoms with Crippen LogP contribution in [0.1, 0.15) is 45.4 Å². The summed E-state index contributed by atoms with van der Waals surface area (Å²) in [4.78, 5) is 24.4. The lowest BCUT2D eigenvalue weighted by molar-refractivity contribution is -0.128. The molecule has 1 aromatic rings. The summed E-state index contributed by atoms with van der Waals surface area (Å²) in [7, 11) is 0. The van der Waals surface area contributed by atoms with Gasteiger partial charge in [-0.05, 0) is 43.9 Å². The molecular weight excluding hydrogens is 326 g/mol. The molecule has 1 aromatic carbocycles. The fourth-order valence-electron chi connectivity index (χ4n) is 3.23. The Morgan fingerprint density at radius 2 is 1.79 bits per heavy atom. The Kier molecular flexibility index (Phi) is 8.22. The molecule has 4 N–H and O–H groups in total. The zero-order valence-corrected chi connectivity index (χ0v) is 15.0. The summed E-state index contributed by atoms with van der Waals surface area (Å²) in [6, 6.07) is 8.66. The summed E-state index contributed by atoms with van der Waals surface area (Å²) in [5, 5.41) is 5.60. The van der Waals surface area contributed by atoms with Crippen molar-refractivity contribution in [2.75, 3.05) is 11.9 Å². The Hall–Kier alpha value is -1.59. The Labute approximate surface area is 150 Å². The van der Waals surface area contributed by atoms with Gasteiger partial charge in [-0.15, -0.1) is 12.4 Å². The minimum atomic E-state index is -0.568. The Balaban J connectivity index is 0.00000288. The summed E-state index contributed by atoms with van der Waals surface area (Å²) in [6.45, 7) is 2.23. The molecule has 0 saturated heterocycles. The number of rotatable bonds is 6. The lowest BCUT2D eigenvalue weighted by atomic mass is 9.71. The first-order valence-corrected chi connectivity index (χ1v) is 8.40. The second kappa shape index (κ2) is 9.64. The molecule has 1 aliphatic rings. The molecule has 0 heterocycles. The number of nitrogens with one attached hydrogen (secondary N) is 2. The zero-order chi connectivity index (χ0) is 16.7. The molecule has 0 aliphatic heterocycles. The Morgan fingerprint density at radius 3 is 2.38 bits per heavy atom. The van der Waals surface area contributed by atoms with Gasteiger partial charge in [-0.2, -0.15) is 0 Å². The van der Waals surface area contributed by atoms with E-state index in [-0.39, 0.29) is 29.6 Å². The number of para-hydroxylation sites is 1. The first kappa shape index (κ1) is 20.5. The van der Waals surface area contributed by atoms with Crippen LogP contribution in [-0.4, -0.2) is 24.4 Å². The van der Waals surface area contributed by atoms with Crippen LogP contribution in [0, 0.1) is 5.41 Å². The van der Waals surface area contributed by atoms with Gasteiger partial charge in [0.1, 0.15) is 6.04 Å². The number of hydrogen-bond acceptors (Lipinski definition) is 3. The van der Waals surface area contributed by atoms with E-state index in [2.05, 4.69) is 10.6 Å². The van der Waals surface area contributed by atoms with E-state index < -0.39 is 6.04 Å². The van der Waals surface area contributed by atoms with Gasteiger partial charge in [0.25, 0.3) is 0 Å². The number of benzene rings is 1. The predicted molar refractivity (Wildman–Crippen MR) is 99.1 cm³/mol. The van der Waals surface area contributed by atoms with E-state index in [9.17, 15) is 9.59 Å². The number of anilines is 1. The lowest BCUT2D eigenvalue weighted by Crippen LogP contribution is -2.45. The average Bonchev–Trinajstić information content (AvgIpc) is 2.56. The normalized spacial score (nSPS) is 17.2. The summed E-state index contributed by atoms with van der Waals surface area (Å²) in [6.07, 6.45) is 5.90. The average molecular weight is 354 g/mol. The van der Waals surface area contributed by atoms with Gasteiger partial charge in [0.15, 0.2) is 0 Å². The molecule has 0 bridgehead atoms. The van der Waals surface area contributed by atoms with E-state index in [0.29, 0.717) is 13.0 Å². The molecule has 1 unspecified atom stereocenters. The van der Waals surface area contributed by atoms with Crippen LogP contribution in [0.25, 0.3) is 0 Å². The van der Waals surface area contributed by atoms with Crippen LogP contribution in [-0.2, 0) is 9.59 Å². The van der Waals surface area contributed by atoms with Crippen molar-refractivity contribution in [1.82, 2.24) is 5.32 Å². The molecule has 134 valence electrons. The van der Waals surface area contributed by atoms with E-state index in [1.165, 1.54) is 6.42 Å². The van der Waals surface area contributed by atoms with Crippen molar-refractivity contribution < 1.29 is 9.59 Å². The highest BCUT2D eigenvalue weighted by atomic mass is 35.5. The van der Waals surface area contributed by atoms with Crippen molar-refractivity contribution in [3.8, 4) is 0 Å². The topological polar surface area (TPSA) is 84.2 Å². The monoisotopic (exact) mass is 353 g/mol.